The van der Waals surface area contributed by atoms with Crippen LogP contribution in [0.15, 0.2) is 68.7 Å². The first kappa shape index (κ1) is 41.2. The Bertz CT molecular complexity index is 2110. The predicted octanol–water partition coefficient (Wildman–Crippen LogP) is 7.53. The molecule has 0 bridgehead atoms. The summed E-state index contributed by atoms with van der Waals surface area (Å²) in [7, 11) is -2.78. The van der Waals surface area contributed by atoms with Crippen LogP contribution in [-0.2, 0) is 33.7 Å². The Morgan fingerprint density at radius 3 is 2.37 bits per heavy atom. The molecule has 1 aromatic heterocycles. The van der Waals surface area contributed by atoms with E-state index in [0.29, 0.717) is 12.8 Å². The molecule has 1 aromatic carbocycles. The molecule has 5 aliphatic carbocycles. The van der Waals surface area contributed by atoms with Gasteiger partial charge < -0.3 is 19.4 Å². The van der Waals surface area contributed by atoms with Crippen LogP contribution in [0.1, 0.15) is 113 Å². The Balaban J connectivity index is 1.02. The summed E-state index contributed by atoms with van der Waals surface area (Å²) >= 11 is 0. The number of ether oxygens (including phenoxy) is 3. The van der Waals surface area contributed by atoms with Gasteiger partial charge in [-0.25, -0.2) is 8.42 Å². The zero-order valence-electron chi connectivity index (χ0n) is 34.6. The first-order valence-electron chi connectivity index (χ1n) is 20.4. The summed E-state index contributed by atoms with van der Waals surface area (Å²) in [5, 5.41) is 14.9. The second kappa shape index (κ2) is 14.1. The molecule has 0 radical (unpaired) electrons. The Labute approximate surface area is 336 Å². The summed E-state index contributed by atoms with van der Waals surface area (Å²) in [6.45, 7) is 15.7. The summed E-state index contributed by atoms with van der Waals surface area (Å²) < 4.78 is 47.5. The first-order valence-corrected chi connectivity index (χ1v) is 21.9. The van der Waals surface area contributed by atoms with Crippen molar-refractivity contribution in [2.45, 2.75) is 129 Å². The zero-order chi connectivity index (χ0) is 41.4. The number of hydrogen-bond donors (Lipinski definition) is 0. The fraction of sp³-hybridized carbons (Fsp3) is 0.659. The van der Waals surface area contributed by atoms with Gasteiger partial charge in [0.1, 0.15) is 12.7 Å². The average Bonchev–Trinajstić information content (AvgIpc) is 3.54. The van der Waals surface area contributed by atoms with Crippen molar-refractivity contribution in [2.75, 3.05) is 13.7 Å². The molecule has 0 N–H and O–H groups in total. The maximum absolute atomic E-state index is 14.8. The molecule has 2 aromatic rings. The van der Waals surface area contributed by atoms with E-state index in [1.54, 1.807) is 12.1 Å². The molecule has 310 valence electrons. The van der Waals surface area contributed by atoms with Crippen LogP contribution in [0.5, 0.6) is 5.88 Å². The molecule has 1 heterocycles. The zero-order valence-corrected chi connectivity index (χ0v) is 35.4. The summed E-state index contributed by atoms with van der Waals surface area (Å²) in [5.41, 5.74) is -0.373. The number of methoxy groups -OCH3 is 1. The second-order valence-electron chi connectivity index (χ2n) is 19.4. The number of benzene rings is 1. The third-order valence-electron chi connectivity index (χ3n) is 16.1. The summed E-state index contributed by atoms with van der Waals surface area (Å²) in [5.74, 6) is -0.687. The van der Waals surface area contributed by atoms with Crippen LogP contribution in [0.25, 0.3) is 0 Å². The van der Waals surface area contributed by atoms with Gasteiger partial charge in [0.25, 0.3) is 9.84 Å². The first-order chi connectivity index (χ1) is 26.7. The monoisotopic (exact) mass is 806 g/mol. The SMILES string of the molecule is COC(=O)[C@@]1(C)CC[C@]2(C)CC[C@]3(C)C(=CC(=O)[C@@H]4[C@@]5(C)CC[C@H](OC(=O)C/C=C/COc6no[n+]([O-])c6S(=O)(=O)c6ccccc6)C(C)(C)[C@@H]5CC[C@]43C)[C@@H]2C1. The van der Waals surface area contributed by atoms with Crippen molar-refractivity contribution >= 4 is 27.6 Å². The van der Waals surface area contributed by atoms with Crippen LogP contribution in [0, 0.1) is 55.5 Å². The molecule has 4 saturated carbocycles. The van der Waals surface area contributed by atoms with Crippen molar-refractivity contribution in [3.63, 3.8) is 0 Å². The normalized spacial score (nSPS) is 37.2. The number of hydrogen-bond acceptors (Lipinski definition) is 11. The molecular weight excluding hydrogens is 749 g/mol. The van der Waals surface area contributed by atoms with Gasteiger partial charge in [-0.3, -0.25) is 19.0 Å². The molecule has 0 unspecified atom stereocenters. The third kappa shape index (κ3) is 6.36. The number of rotatable bonds is 9. The molecule has 12 nitrogen and oxygen atoms in total. The summed E-state index contributed by atoms with van der Waals surface area (Å²) in [6, 6.07) is 7.43. The third-order valence-corrected chi connectivity index (χ3v) is 17.8. The van der Waals surface area contributed by atoms with E-state index in [9.17, 15) is 28.0 Å². The Kier molecular flexibility index (Phi) is 10.2. The van der Waals surface area contributed by atoms with E-state index in [2.05, 4.69) is 51.3 Å². The van der Waals surface area contributed by atoms with Crippen molar-refractivity contribution in [1.82, 2.24) is 5.16 Å². The molecule has 7 rings (SSSR count). The molecule has 5 aliphatic rings. The van der Waals surface area contributed by atoms with Crippen LogP contribution in [0.2, 0.25) is 0 Å². The van der Waals surface area contributed by atoms with Gasteiger partial charge in [-0.1, -0.05) is 77.5 Å². The average molecular weight is 807 g/mol. The fourth-order valence-corrected chi connectivity index (χ4v) is 13.9. The van der Waals surface area contributed by atoms with Gasteiger partial charge in [0, 0.05) is 11.3 Å². The summed E-state index contributed by atoms with van der Waals surface area (Å²) in [6.07, 6.45) is 12.5. The standard InChI is InChI=1S/C44H58N2O10S/c1-39(2)32-17-20-44(7)35(31(47)26-29-30-27-41(4,38(49)53-8)22-21-40(30,3)23-24-43(29,44)6)42(32,5)19-18-33(39)55-34(48)16-12-13-25-54-36-37(46(50)56-45-36)57(51,52)28-14-10-9-11-15-28/h9-15,26,30,32-33,35H,16-25,27H2,1-8H3/b13-12+/t30-,32-,33-,35+,40+,41-,42-,43+,44+/m0/s1. The van der Waals surface area contributed by atoms with E-state index in [1.807, 2.05) is 13.0 Å². The van der Waals surface area contributed by atoms with E-state index in [0.717, 1.165) is 44.9 Å². The van der Waals surface area contributed by atoms with Crippen LogP contribution in [0.4, 0.5) is 0 Å². The van der Waals surface area contributed by atoms with Crippen LogP contribution >= 0.6 is 0 Å². The van der Waals surface area contributed by atoms with Gasteiger partial charge in [-0.2, -0.15) is 0 Å². The molecule has 9 atom stereocenters. The topological polar surface area (TPSA) is 166 Å². The highest BCUT2D eigenvalue weighted by atomic mass is 32.2. The second-order valence-corrected chi connectivity index (χ2v) is 21.3. The number of carbonyl (C=O) groups is 3. The maximum atomic E-state index is 14.8. The van der Waals surface area contributed by atoms with Crippen molar-refractivity contribution < 1.29 is 46.5 Å². The molecule has 0 amide bonds. The van der Waals surface area contributed by atoms with E-state index < -0.39 is 32.1 Å². The molecule has 0 spiro atoms. The van der Waals surface area contributed by atoms with Gasteiger partial charge in [-0.15, -0.1) is 0 Å². The number of allylic oxidation sites excluding steroid dienone is 2. The van der Waals surface area contributed by atoms with Gasteiger partial charge in [-0.05, 0) is 121 Å². The quantitative estimate of drug-likeness (QED) is 0.140. The number of sulfone groups is 1. The number of nitrogens with zero attached hydrogens (tertiary/aromatic N) is 2. The largest absolute Gasteiger partial charge is 0.469 e. The Morgan fingerprint density at radius 1 is 0.965 bits per heavy atom. The number of esters is 2. The Hall–Kier alpha value is -4.00. The lowest BCUT2D eigenvalue weighted by Crippen LogP contribution is -2.66. The highest BCUT2D eigenvalue weighted by Gasteiger charge is 2.70. The summed E-state index contributed by atoms with van der Waals surface area (Å²) in [4.78, 5) is 40.7. The van der Waals surface area contributed by atoms with Gasteiger partial charge in [0.05, 0.1) is 29.0 Å². The number of aromatic nitrogens is 2. The molecule has 4 fully saturated rings. The van der Waals surface area contributed by atoms with Crippen LogP contribution < -0.4 is 9.64 Å². The van der Waals surface area contributed by atoms with Crippen molar-refractivity contribution in [2.24, 2.45) is 50.2 Å². The molecular formula is C44H58N2O10S. The number of fused-ring (bicyclic) bond motifs is 7. The molecule has 57 heavy (non-hydrogen) atoms. The van der Waals surface area contributed by atoms with E-state index in [4.69, 9.17) is 14.2 Å². The van der Waals surface area contributed by atoms with E-state index in [1.165, 1.54) is 43.0 Å². The minimum atomic E-state index is -4.25. The fourth-order valence-electron chi connectivity index (χ4n) is 12.6. The lowest BCUT2D eigenvalue weighted by molar-refractivity contribution is -0.832. The lowest BCUT2D eigenvalue weighted by atomic mass is 9.33. The van der Waals surface area contributed by atoms with Gasteiger partial charge in [0.15, 0.2) is 5.78 Å². The molecule has 0 aliphatic heterocycles. The van der Waals surface area contributed by atoms with Gasteiger partial charge in [0.2, 0.25) is 0 Å². The minimum Gasteiger partial charge on any atom is -0.469 e. The van der Waals surface area contributed by atoms with Gasteiger partial charge >= 0.3 is 22.8 Å². The Morgan fingerprint density at radius 2 is 1.67 bits per heavy atom. The molecule has 0 saturated heterocycles. The number of carbonyl (C=O) groups excluding carboxylic acids is 3. The van der Waals surface area contributed by atoms with Crippen molar-refractivity contribution in [3.8, 4) is 5.88 Å². The van der Waals surface area contributed by atoms with Crippen molar-refractivity contribution in [1.29, 1.82) is 0 Å². The maximum Gasteiger partial charge on any atom is 0.415 e. The van der Waals surface area contributed by atoms with Crippen molar-refractivity contribution in [3.05, 3.63) is 59.3 Å². The van der Waals surface area contributed by atoms with E-state index >= 15 is 0 Å². The highest BCUT2D eigenvalue weighted by Crippen LogP contribution is 2.75. The lowest BCUT2D eigenvalue weighted by Gasteiger charge is -2.70. The predicted molar refractivity (Wildman–Crippen MR) is 208 cm³/mol. The minimum absolute atomic E-state index is 0.0341. The van der Waals surface area contributed by atoms with E-state index in [-0.39, 0.29) is 85.5 Å². The van der Waals surface area contributed by atoms with Crippen LogP contribution in [0.3, 0.4) is 0 Å². The number of ketones is 1. The smallest absolute Gasteiger partial charge is 0.415 e. The molecule has 13 heteroatoms. The van der Waals surface area contributed by atoms with Crippen LogP contribution in [-0.4, -0.2) is 51.1 Å². The highest BCUT2D eigenvalue weighted by molar-refractivity contribution is 7.91.